The number of nitrogens with one attached hydrogen (secondary N) is 1. The summed E-state index contributed by atoms with van der Waals surface area (Å²) < 4.78 is 5.72. The second-order valence-electron chi connectivity index (χ2n) is 4.62. The van der Waals surface area contributed by atoms with E-state index < -0.39 is 5.97 Å². The fraction of sp³-hybridized carbons (Fsp3) is 0.615. The molecular formula is C13H19N3O3. The monoisotopic (exact) mass is 265 g/mol. The van der Waals surface area contributed by atoms with Crippen LogP contribution in [0.4, 0.5) is 5.82 Å². The Hall–Kier alpha value is -1.69. The molecule has 0 aliphatic heterocycles. The number of hydrogen-bond donors (Lipinski definition) is 2. The van der Waals surface area contributed by atoms with Gasteiger partial charge in [-0.25, -0.2) is 14.8 Å². The van der Waals surface area contributed by atoms with Crippen molar-refractivity contribution < 1.29 is 14.6 Å². The van der Waals surface area contributed by atoms with Crippen LogP contribution in [-0.4, -0.2) is 39.8 Å². The summed E-state index contributed by atoms with van der Waals surface area (Å²) in [5, 5.41) is 12.1. The van der Waals surface area contributed by atoms with E-state index in [9.17, 15) is 4.79 Å². The lowest BCUT2D eigenvalue weighted by Crippen LogP contribution is -2.38. The van der Waals surface area contributed by atoms with E-state index in [-0.39, 0.29) is 17.8 Å². The summed E-state index contributed by atoms with van der Waals surface area (Å²) in [6.45, 7) is 2.69. The van der Waals surface area contributed by atoms with Gasteiger partial charge in [0.2, 0.25) is 0 Å². The SMILES string of the molecule is CCO[C@@H]1CCCC[C@H]1Nc1cnc(C(=O)O)cn1. The Kier molecular flexibility index (Phi) is 4.68. The van der Waals surface area contributed by atoms with Gasteiger partial charge < -0.3 is 15.2 Å². The first-order chi connectivity index (χ1) is 9.20. The first kappa shape index (κ1) is 13.7. The average molecular weight is 265 g/mol. The quantitative estimate of drug-likeness (QED) is 0.846. The van der Waals surface area contributed by atoms with E-state index in [0.717, 1.165) is 12.8 Å². The van der Waals surface area contributed by atoms with Gasteiger partial charge in [0.05, 0.1) is 24.5 Å². The number of aromatic carboxylic acids is 1. The van der Waals surface area contributed by atoms with Crippen molar-refractivity contribution in [1.29, 1.82) is 0 Å². The molecule has 0 amide bonds. The van der Waals surface area contributed by atoms with Gasteiger partial charge in [-0.3, -0.25) is 0 Å². The average Bonchev–Trinajstić information content (AvgIpc) is 2.42. The lowest BCUT2D eigenvalue weighted by molar-refractivity contribution is 0.0279. The van der Waals surface area contributed by atoms with Crippen molar-refractivity contribution in [1.82, 2.24) is 9.97 Å². The number of ether oxygens (including phenoxy) is 1. The molecule has 1 aromatic heterocycles. The molecule has 0 radical (unpaired) electrons. The minimum atomic E-state index is -1.07. The second-order valence-corrected chi connectivity index (χ2v) is 4.62. The van der Waals surface area contributed by atoms with E-state index in [1.54, 1.807) is 0 Å². The van der Waals surface area contributed by atoms with E-state index in [0.29, 0.717) is 12.4 Å². The molecular weight excluding hydrogens is 246 g/mol. The molecule has 19 heavy (non-hydrogen) atoms. The van der Waals surface area contributed by atoms with Crippen molar-refractivity contribution in [3.63, 3.8) is 0 Å². The number of hydrogen-bond acceptors (Lipinski definition) is 5. The molecule has 2 N–H and O–H groups in total. The molecule has 1 saturated carbocycles. The predicted molar refractivity (Wildman–Crippen MR) is 70.3 cm³/mol. The van der Waals surface area contributed by atoms with Crippen LogP contribution in [0, 0.1) is 0 Å². The van der Waals surface area contributed by atoms with Crippen LogP contribution in [0.2, 0.25) is 0 Å². The highest BCUT2D eigenvalue weighted by Crippen LogP contribution is 2.23. The normalized spacial score (nSPS) is 23.0. The third-order valence-corrected chi connectivity index (χ3v) is 3.29. The van der Waals surface area contributed by atoms with E-state index in [1.165, 1.54) is 25.2 Å². The highest BCUT2D eigenvalue weighted by atomic mass is 16.5. The second kappa shape index (κ2) is 6.47. The minimum Gasteiger partial charge on any atom is -0.476 e. The van der Waals surface area contributed by atoms with E-state index >= 15 is 0 Å². The van der Waals surface area contributed by atoms with Gasteiger partial charge in [-0.1, -0.05) is 12.8 Å². The van der Waals surface area contributed by atoms with Gasteiger partial charge in [0.1, 0.15) is 5.82 Å². The number of carboxylic acid groups (broad SMARTS) is 1. The molecule has 6 nitrogen and oxygen atoms in total. The maximum Gasteiger partial charge on any atom is 0.356 e. The Morgan fingerprint density at radius 3 is 2.84 bits per heavy atom. The smallest absolute Gasteiger partial charge is 0.356 e. The Morgan fingerprint density at radius 1 is 1.42 bits per heavy atom. The van der Waals surface area contributed by atoms with Gasteiger partial charge in [-0.15, -0.1) is 0 Å². The van der Waals surface area contributed by atoms with E-state index in [4.69, 9.17) is 9.84 Å². The first-order valence-corrected chi connectivity index (χ1v) is 6.64. The lowest BCUT2D eigenvalue weighted by Gasteiger charge is -2.32. The molecule has 2 atom stereocenters. The Balaban J connectivity index is 2.00. The van der Waals surface area contributed by atoms with Crippen LogP contribution < -0.4 is 5.32 Å². The van der Waals surface area contributed by atoms with Crippen molar-refractivity contribution in [2.45, 2.75) is 44.8 Å². The van der Waals surface area contributed by atoms with Crippen molar-refractivity contribution in [2.24, 2.45) is 0 Å². The molecule has 6 heteroatoms. The zero-order valence-corrected chi connectivity index (χ0v) is 11.0. The van der Waals surface area contributed by atoms with Crippen LogP contribution in [0.25, 0.3) is 0 Å². The summed E-state index contributed by atoms with van der Waals surface area (Å²) in [5.74, 6) is -0.467. The van der Waals surface area contributed by atoms with Crippen LogP contribution >= 0.6 is 0 Å². The largest absolute Gasteiger partial charge is 0.476 e. The van der Waals surface area contributed by atoms with Crippen molar-refractivity contribution in [3.8, 4) is 0 Å². The topological polar surface area (TPSA) is 84.3 Å². The summed E-state index contributed by atoms with van der Waals surface area (Å²) >= 11 is 0. The molecule has 0 bridgehead atoms. The summed E-state index contributed by atoms with van der Waals surface area (Å²) in [5.41, 5.74) is -0.0458. The number of rotatable bonds is 5. The molecule has 1 aromatic rings. The molecule has 1 fully saturated rings. The molecule has 0 spiro atoms. The van der Waals surface area contributed by atoms with E-state index in [2.05, 4.69) is 15.3 Å². The van der Waals surface area contributed by atoms with Crippen molar-refractivity contribution >= 4 is 11.8 Å². The number of anilines is 1. The van der Waals surface area contributed by atoms with Crippen LogP contribution in [-0.2, 0) is 4.74 Å². The molecule has 2 rings (SSSR count). The zero-order valence-electron chi connectivity index (χ0n) is 11.0. The minimum absolute atomic E-state index is 0.0458. The Labute approximate surface area is 112 Å². The maximum atomic E-state index is 10.7. The zero-order chi connectivity index (χ0) is 13.7. The third kappa shape index (κ3) is 3.64. The first-order valence-electron chi connectivity index (χ1n) is 6.64. The fourth-order valence-corrected chi connectivity index (χ4v) is 2.38. The number of nitrogens with zero attached hydrogens (tertiary/aromatic N) is 2. The van der Waals surface area contributed by atoms with Crippen molar-refractivity contribution in [2.75, 3.05) is 11.9 Å². The van der Waals surface area contributed by atoms with Gasteiger partial charge in [0.25, 0.3) is 0 Å². The summed E-state index contributed by atoms with van der Waals surface area (Å²) in [7, 11) is 0. The summed E-state index contributed by atoms with van der Waals surface area (Å²) in [4.78, 5) is 18.6. The Morgan fingerprint density at radius 2 is 2.21 bits per heavy atom. The third-order valence-electron chi connectivity index (χ3n) is 3.29. The maximum absolute atomic E-state index is 10.7. The molecule has 0 unspecified atom stereocenters. The lowest BCUT2D eigenvalue weighted by atomic mass is 9.92. The molecule has 0 aromatic carbocycles. The van der Waals surface area contributed by atoms with Crippen LogP contribution in [0.1, 0.15) is 43.1 Å². The van der Waals surface area contributed by atoms with E-state index in [1.807, 2.05) is 6.92 Å². The summed E-state index contributed by atoms with van der Waals surface area (Å²) in [6, 6.07) is 0.221. The number of carboxylic acids is 1. The number of carbonyl (C=O) groups is 1. The Bertz CT molecular complexity index is 420. The standard InChI is InChI=1S/C13H19N3O3/c1-2-19-11-6-4-3-5-9(11)16-12-8-14-10(7-15-12)13(17)18/h7-9,11H,2-6H2,1H3,(H,15,16)(H,17,18)/t9-,11-/m1/s1. The van der Waals surface area contributed by atoms with Gasteiger partial charge in [0.15, 0.2) is 5.69 Å². The van der Waals surface area contributed by atoms with Crippen LogP contribution in [0.5, 0.6) is 0 Å². The molecule has 1 aliphatic rings. The molecule has 0 saturated heterocycles. The highest BCUT2D eigenvalue weighted by Gasteiger charge is 2.25. The van der Waals surface area contributed by atoms with Gasteiger partial charge in [-0.05, 0) is 19.8 Å². The molecule has 1 heterocycles. The molecule has 1 aliphatic carbocycles. The predicted octanol–water partition coefficient (Wildman–Crippen LogP) is 1.93. The number of aromatic nitrogens is 2. The van der Waals surface area contributed by atoms with Gasteiger partial charge >= 0.3 is 5.97 Å². The molecule has 104 valence electrons. The van der Waals surface area contributed by atoms with Crippen LogP contribution in [0.3, 0.4) is 0 Å². The van der Waals surface area contributed by atoms with Gasteiger partial charge in [0, 0.05) is 6.61 Å². The van der Waals surface area contributed by atoms with Crippen molar-refractivity contribution in [3.05, 3.63) is 18.1 Å². The summed E-state index contributed by atoms with van der Waals surface area (Å²) in [6.07, 6.45) is 7.36. The van der Waals surface area contributed by atoms with Crippen LogP contribution in [0.15, 0.2) is 12.4 Å². The highest BCUT2D eigenvalue weighted by molar-refractivity contribution is 5.84. The fourth-order valence-electron chi connectivity index (χ4n) is 2.38. The van der Waals surface area contributed by atoms with Gasteiger partial charge in [-0.2, -0.15) is 0 Å².